The number of allylic oxidation sites excluding steroid dienone is 1. The zero-order valence-electron chi connectivity index (χ0n) is 13.7. The number of hydrogen-bond acceptors (Lipinski definition) is 4. The molecule has 1 heterocycles. The largest absolute Gasteiger partial charge is 0.550 e. The van der Waals surface area contributed by atoms with Gasteiger partial charge < -0.3 is 19.7 Å². The average Bonchev–Trinajstić information content (AvgIpc) is 3.24. The highest BCUT2D eigenvalue weighted by Crippen LogP contribution is 2.30. The minimum absolute atomic E-state index is 0.197. The van der Waals surface area contributed by atoms with Crippen molar-refractivity contribution >= 4 is 5.97 Å². The fourth-order valence-electron chi connectivity index (χ4n) is 2.68. The van der Waals surface area contributed by atoms with Crippen LogP contribution in [0.4, 0.5) is 0 Å². The van der Waals surface area contributed by atoms with Crippen LogP contribution in [0, 0.1) is 0 Å². The Balaban J connectivity index is 1.80. The highest BCUT2D eigenvalue weighted by atomic mass is 16.6. The molecular weight excluding hydrogens is 280 g/mol. The number of aliphatic hydroxyl groups excluding tert-OH is 1. The summed E-state index contributed by atoms with van der Waals surface area (Å²) in [6.45, 7) is 0.300. The second-order valence-electron chi connectivity index (χ2n) is 6.17. The highest BCUT2D eigenvalue weighted by molar-refractivity contribution is 5.63. The Labute approximate surface area is 134 Å². The van der Waals surface area contributed by atoms with E-state index in [4.69, 9.17) is 9.84 Å². The van der Waals surface area contributed by atoms with E-state index in [0.29, 0.717) is 18.8 Å². The number of aliphatic carboxylic acids is 1. The molecule has 1 fully saturated rings. The minimum atomic E-state index is -0.933. The molecule has 1 N–H and O–H groups in total. The summed E-state index contributed by atoms with van der Waals surface area (Å²) in [7, 11) is 0. The number of aliphatic hydroxyl groups is 1. The molecule has 2 unspecified atom stereocenters. The van der Waals surface area contributed by atoms with E-state index in [9.17, 15) is 9.90 Å². The van der Waals surface area contributed by atoms with Crippen molar-refractivity contribution in [3.63, 3.8) is 0 Å². The van der Waals surface area contributed by atoms with Gasteiger partial charge in [-0.05, 0) is 44.9 Å². The molecule has 4 heteroatoms. The Hall–Kier alpha value is -0.870. The van der Waals surface area contributed by atoms with Crippen molar-refractivity contribution in [3.8, 4) is 0 Å². The molecule has 0 aliphatic carbocycles. The van der Waals surface area contributed by atoms with Crippen molar-refractivity contribution < 1.29 is 19.7 Å². The molecule has 0 amide bonds. The van der Waals surface area contributed by atoms with Crippen LogP contribution >= 0.6 is 0 Å². The second-order valence-corrected chi connectivity index (χ2v) is 6.17. The Morgan fingerprint density at radius 2 is 1.68 bits per heavy atom. The van der Waals surface area contributed by atoms with Gasteiger partial charge in [0, 0.05) is 12.6 Å². The van der Waals surface area contributed by atoms with Crippen LogP contribution in [0.2, 0.25) is 0 Å². The number of carboxylic acids is 1. The smallest absolute Gasteiger partial charge is 0.0876 e. The van der Waals surface area contributed by atoms with Gasteiger partial charge in [-0.2, -0.15) is 0 Å². The third-order valence-electron chi connectivity index (χ3n) is 4.12. The maximum Gasteiger partial charge on any atom is 0.0876 e. The lowest BCUT2D eigenvalue weighted by Gasteiger charge is -2.01. The van der Waals surface area contributed by atoms with Gasteiger partial charge in [0.2, 0.25) is 0 Å². The summed E-state index contributed by atoms with van der Waals surface area (Å²) in [5.41, 5.74) is 0. The summed E-state index contributed by atoms with van der Waals surface area (Å²) >= 11 is 0. The molecule has 1 aliphatic rings. The van der Waals surface area contributed by atoms with Crippen LogP contribution in [0.5, 0.6) is 0 Å². The van der Waals surface area contributed by atoms with Crippen molar-refractivity contribution in [2.75, 3.05) is 6.61 Å². The van der Waals surface area contributed by atoms with E-state index >= 15 is 0 Å². The second kappa shape index (κ2) is 12.7. The lowest BCUT2D eigenvalue weighted by Crippen LogP contribution is -2.21. The summed E-state index contributed by atoms with van der Waals surface area (Å²) < 4.78 is 5.62. The molecule has 0 spiro atoms. The van der Waals surface area contributed by atoms with Gasteiger partial charge in [-0.3, -0.25) is 0 Å². The minimum Gasteiger partial charge on any atom is -0.550 e. The summed E-state index contributed by atoms with van der Waals surface area (Å²) in [4.78, 5) is 10.2. The summed E-state index contributed by atoms with van der Waals surface area (Å²) in [6.07, 6.45) is 17.2. The molecule has 1 aliphatic heterocycles. The molecule has 0 aromatic rings. The Kier molecular flexibility index (Phi) is 11.0. The third-order valence-corrected chi connectivity index (χ3v) is 4.12. The van der Waals surface area contributed by atoms with Gasteiger partial charge in [0.1, 0.15) is 0 Å². The molecule has 4 nitrogen and oxygen atoms in total. The Morgan fingerprint density at radius 1 is 0.955 bits per heavy atom. The maximum absolute atomic E-state index is 10.2. The standard InChI is InChI=1S/C18H32O4/c19-15-11-7-9-13-17-16(22-17)12-8-5-3-1-2-4-6-10-14-18(20)21/h5,8,16-17,19H,1-4,6-7,9-15H2,(H,20,21)/p-1/b8-5-. The molecular formula is C18H31O4-. The predicted octanol–water partition coefficient (Wildman–Crippen LogP) is 2.73. The van der Waals surface area contributed by atoms with E-state index in [-0.39, 0.29) is 6.42 Å². The van der Waals surface area contributed by atoms with Crippen molar-refractivity contribution in [3.05, 3.63) is 12.2 Å². The number of carboxylic acid groups (broad SMARTS) is 1. The molecule has 0 aromatic carbocycles. The topological polar surface area (TPSA) is 72.9 Å². The normalized spacial score (nSPS) is 20.6. The maximum atomic E-state index is 10.2. The molecule has 0 radical (unpaired) electrons. The zero-order valence-corrected chi connectivity index (χ0v) is 13.7. The van der Waals surface area contributed by atoms with Gasteiger partial charge in [0.25, 0.3) is 0 Å². The van der Waals surface area contributed by atoms with Crippen LogP contribution in [0.15, 0.2) is 12.2 Å². The van der Waals surface area contributed by atoms with E-state index in [1.165, 1.54) is 12.8 Å². The molecule has 22 heavy (non-hydrogen) atoms. The first kappa shape index (κ1) is 19.2. The first-order valence-electron chi connectivity index (χ1n) is 8.85. The molecule has 0 aromatic heterocycles. The van der Waals surface area contributed by atoms with Gasteiger partial charge in [-0.1, -0.05) is 44.3 Å². The molecule has 0 bridgehead atoms. The number of ether oxygens (including phenoxy) is 1. The van der Waals surface area contributed by atoms with E-state index in [0.717, 1.165) is 57.8 Å². The molecule has 0 saturated carbocycles. The number of carbonyl (C=O) groups excluding carboxylic acids is 1. The number of unbranched alkanes of at least 4 members (excludes halogenated alkanes) is 7. The average molecular weight is 311 g/mol. The Bertz CT molecular complexity index is 314. The van der Waals surface area contributed by atoms with Crippen molar-refractivity contribution in [1.82, 2.24) is 0 Å². The number of rotatable bonds is 15. The monoisotopic (exact) mass is 311 g/mol. The lowest BCUT2D eigenvalue weighted by atomic mass is 10.1. The fourth-order valence-corrected chi connectivity index (χ4v) is 2.68. The zero-order chi connectivity index (χ0) is 16.0. The number of epoxide rings is 1. The van der Waals surface area contributed by atoms with E-state index in [1.54, 1.807) is 0 Å². The lowest BCUT2D eigenvalue weighted by molar-refractivity contribution is -0.305. The van der Waals surface area contributed by atoms with Gasteiger partial charge in [-0.25, -0.2) is 0 Å². The van der Waals surface area contributed by atoms with Gasteiger partial charge >= 0.3 is 0 Å². The van der Waals surface area contributed by atoms with Crippen LogP contribution in [-0.2, 0) is 9.53 Å². The van der Waals surface area contributed by atoms with E-state index in [1.807, 2.05) is 0 Å². The molecule has 2 atom stereocenters. The first-order chi connectivity index (χ1) is 10.7. The van der Waals surface area contributed by atoms with Crippen LogP contribution in [-0.4, -0.2) is 29.9 Å². The van der Waals surface area contributed by atoms with Gasteiger partial charge in [0.05, 0.1) is 12.2 Å². The van der Waals surface area contributed by atoms with Crippen molar-refractivity contribution in [1.29, 1.82) is 0 Å². The fraction of sp³-hybridized carbons (Fsp3) is 0.833. The molecule has 128 valence electrons. The predicted molar refractivity (Wildman–Crippen MR) is 85.3 cm³/mol. The quantitative estimate of drug-likeness (QED) is 0.287. The molecule has 1 saturated heterocycles. The van der Waals surface area contributed by atoms with Crippen molar-refractivity contribution in [2.24, 2.45) is 0 Å². The van der Waals surface area contributed by atoms with E-state index in [2.05, 4.69) is 12.2 Å². The van der Waals surface area contributed by atoms with Crippen LogP contribution in [0.25, 0.3) is 0 Å². The summed E-state index contributed by atoms with van der Waals surface area (Å²) in [5, 5.41) is 18.9. The summed E-state index contributed by atoms with van der Waals surface area (Å²) in [5.74, 6) is -0.933. The highest BCUT2D eigenvalue weighted by Gasteiger charge is 2.36. The summed E-state index contributed by atoms with van der Waals surface area (Å²) in [6, 6.07) is 0. The van der Waals surface area contributed by atoms with Crippen LogP contribution in [0.1, 0.15) is 77.0 Å². The number of hydrogen-bond donors (Lipinski definition) is 1. The van der Waals surface area contributed by atoms with Crippen LogP contribution in [0.3, 0.4) is 0 Å². The first-order valence-corrected chi connectivity index (χ1v) is 8.85. The SMILES string of the molecule is O=C([O-])CCCCCCC/C=C\CC1OC1CCCCCO. The molecule has 1 rings (SSSR count). The number of carbonyl (C=O) groups is 1. The van der Waals surface area contributed by atoms with Gasteiger partial charge in [0.15, 0.2) is 0 Å². The van der Waals surface area contributed by atoms with Gasteiger partial charge in [-0.15, -0.1) is 0 Å². The third kappa shape index (κ3) is 10.8. The Morgan fingerprint density at radius 3 is 2.45 bits per heavy atom. The van der Waals surface area contributed by atoms with Crippen molar-refractivity contribution in [2.45, 2.75) is 89.3 Å². The van der Waals surface area contributed by atoms with E-state index < -0.39 is 5.97 Å². The van der Waals surface area contributed by atoms with Crippen LogP contribution < -0.4 is 5.11 Å².